The number of carbonyl (C=O) groups excluding carboxylic acids is 1. The first-order valence-corrected chi connectivity index (χ1v) is 7.95. The van der Waals surface area contributed by atoms with Crippen molar-refractivity contribution < 1.29 is 4.79 Å². The molecule has 0 bridgehead atoms. The SMILES string of the molecule is Cc1ccc(N2CCC(C(=O)NCc3ccccn3)CC2)nn1. The average Bonchev–Trinajstić information content (AvgIpc) is 2.61. The van der Waals surface area contributed by atoms with E-state index in [4.69, 9.17) is 0 Å². The highest BCUT2D eigenvalue weighted by Crippen LogP contribution is 2.21. The number of piperidine rings is 1. The fraction of sp³-hybridized carbons (Fsp3) is 0.412. The number of pyridine rings is 1. The van der Waals surface area contributed by atoms with Gasteiger partial charge in [-0.1, -0.05) is 6.07 Å². The van der Waals surface area contributed by atoms with E-state index in [1.54, 1.807) is 6.20 Å². The minimum Gasteiger partial charge on any atom is -0.355 e. The summed E-state index contributed by atoms with van der Waals surface area (Å²) >= 11 is 0. The van der Waals surface area contributed by atoms with Crippen LogP contribution in [-0.2, 0) is 11.3 Å². The number of nitrogens with zero attached hydrogens (tertiary/aromatic N) is 4. The molecule has 1 aliphatic rings. The molecule has 120 valence electrons. The van der Waals surface area contributed by atoms with Crippen molar-refractivity contribution in [2.75, 3.05) is 18.0 Å². The molecule has 0 radical (unpaired) electrons. The molecule has 1 fully saturated rings. The van der Waals surface area contributed by atoms with Crippen molar-refractivity contribution in [2.45, 2.75) is 26.3 Å². The van der Waals surface area contributed by atoms with Gasteiger partial charge in [-0.3, -0.25) is 9.78 Å². The van der Waals surface area contributed by atoms with Crippen LogP contribution in [0.4, 0.5) is 5.82 Å². The Labute approximate surface area is 136 Å². The molecule has 1 saturated heterocycles. The van der Waals surface area contributed by atoms with Crippen molar-refractivity contribution in [3.8, 4) is 0 Å². The fourth-order valence-electron chi connectivity index (χ4n) is 2.76. The van der Waals surface area contributed by atoms with E-state index in [0.717, 1.165) is 43.1 Å². The van der Waals surface area contributed by atoms with Crippen molar-refractivity contribution in [3.05, 3.63) is 47.9 Å². The summed E-state index contributed by atoms with van der Waals surface area (Å²) in [6, 6.07) is 9.67. The Bertz CT molecular complexity index is 636. The van der Waals surface area contributed by atoms with Gasteiger partial charge < -0.3 is 10.2 Å². The van der Waals surface area contributed by atoms with Gasteiger partial charge in [-0.15, -0.1) is 5.10 Å². The highest BCUT2D eigenvalue weighted by atomic mass is 16.1. The summed E-state index contributed by atoms with van der Waals surface area (Å²) in [5, 5.41) is 11.3. The van der Waals surface area contributed by atoms with E-state index in [1.807, 2.05) is 37.3 Å². The predicted molar refractivity (Wildman–Crippen MR) is 87.8 cm³/mol. The fourth-order valence-corrected chi connectivity index (χ4v) is 2.76. The lowest BCUT2D eigenvalue weighted by molar-refractivity contribution is -0.125. The number of aryl methyl sites for hydroxylation is 1. The van der Waals surface area contributed by atoms with E-state index in [9.17, 15) is 4.79 Å². The lowest BCUT2D eigenvalue weighted by Gasteiger charge is -2.31. The van der Waals surface area contributed by atoms with Crippen LogP contribution in [0.1, 0.15) is 24.2 Å². The predicted octanol–water partition coefficient (Wildman–Crippen LogP) is 1.71. The zero-order valence-corrected chi connectivity index (χ0v) is 13.3. The lowest BCUT2D eigenvalue weighted by atomic mass is 9.96. The summed E-state index contributed by atoms with van der Waals surface area (Å²) in [7, 11) is 0. The van der Waals surface area contributed by atoms with Crippen LogP contribution in [0, 0.1) is 12.8 Å². The van der Waals surface area contributed by atoms with Gasteiger partial charge in [-0.05, 0) is 44.0 Å². The molecular formula is C17H21N5O. The maximum atomic E-state index is 12.3. The Kier molecular flexibility index (Phi) is 4.80. The first-order valence-electron chi connectivity index (χ1n) is 7.95. The van der Waals surface area contributed by atoms with Gasteiger partial charge in [0.1, 0.15) is 0 Å². The molecule has 1 N–H and O–H groups in total. The monoisotopic (exact) mass is 311 g/mol. The molecule has 1 aliphatic heterocycles. The van der Waals surface area contributed by atoms with Gasteiger partial charge in [0.2, 0.25) is 5.91 Å². The van der Waals surface area contributed by atoms with E-state index in [1.165, 1.54) is 0 Å². The van der Waals surface area contributed by atoms with Crippen LogP contribution < -0.4 is 10.2 Å². The summed E-state index contributed by atoms with van der Waals surface area (Å²) in [5.41, 5.74) is 1.80. The normalized spacial score (nSPS) is 15.4. The van der Waals surface area contributed by atoms with Crippen LogP contribution in [0.3, 0.4) is 0 Å². The van der Waals surface area contributed by atoms with Crippen molar-refractivity contribution >= 4 is 11.7 Å². The molecule has 0 unspecified atom stereocenters. The van der Waals surface area contributed by atoms with Crippen LogP contribution in [0.2, 0.25) is 0 Å². The number of anilines is 1. The second-order valence-corrected chi connectivity index (χ2v) is 5.83. The number of aromatic nitrogens is 3. The smallest absolute Gasteiger partial charge is 0.223 e. The molecule has 2 aromatic heterocycles. The van der Waals surface area contributed by atoms with Gasteiger partial charge in [0.05, 0.1) is 17.9 Å². The van der Waals surface area contributed by atoms with E-state index in [-0.39, 0.29) is 11.8 Å². The summed E-state index contributed by atoms with van der Waals surface area (Å²) in [5.74, 6) is 1.07. The molecule has 0 aromatic carbocycles. The first kappa shape index (κ1) is 15.4. The second-order valence-electron chi connectivity index (χ2n) is 5.83. The molecule has 6 heteroatoms. The minimum atomic E-state index is 0.0633. The summed E-state index contributed by atoms with van der Waals surface area (Å²) in [4.78, 5) is 18.7. The maximum Gasteiger partial charge on any atom is 0.223 e. The molecule has 6 nitrogen and oxygen atoms in total. The molecular weight excluding hydrogens is 290 g/mol. The van der Waals surface area contributed by atoms with Gasteiger partial charge in [0.15, 0.2) is 5.82 Å². The largest absolute Gasteiger partial charge is 0.355 e. The third-order valence-corrected chi connectivity index (χ3v) is 4.14. The third kappa shape index (κ3) is 4.03. The lowest BCUT2D eigenvalue weighted by Crippen LogP contribution is -2.40. The molecule has 3 heterocycles. The average molecular weight is 311 g/mol. The molecule has 2 aromatic rings. The van der Waals surface area contributed by atoms with Crippen molar-refractivity contribution in [3.63, 3.8) is 0 Å². The van der Waals surface area contributed by atoms with Gasteiger partial charge in [-0.25, -0.2) is 0 Å². The van der Waals surface area contributed by atoms with Crippen LogP contribution in [0.5, 0.6) is 0 Å². The third-order valence-electron chi connectivity index (χ3n) is 4.14. The van der Waals surface area contributed by atoms with Gasteiger partial charge in [0, 0.05) is 25.2 Å². The van der Waals surface area contributed by atoms with Crippen molar-refractivity contribution in [1.82, 2.24) is 20.5 Å². The number of hydrogen-bond acceptors (Lipinski definition) is 5. The molecule has 0 atom stereocenters. The number of hydrogen-bond donors (Lipinski definition) is 1. The Morgan fingerprint density at radius 1 is 1.22 bits per heavy atom. The molecule has 0 spiro atoms. The maximum absolute atomic E-state index is 12.3. The van der Waals surface area contributed by atoms with Crippen molar-refractivity contribution in [1.29, 1.82) is 0 Å². The molecule has 1 amide bonds. The zero-order chi connectivity index (χ0) is 16.1. The zero-order valence-electron chi connectivity index (χ0n) is 13.3. The number of amides is 1. The van der Waals surface area contributed by atoms with E-state index in [0.29, 0.717) is 6.54 Å². The molecule has 0 saturated carbocycles. The first-order chi connectivity index (χ1) is 11.2. The van der Waals surface area contributed by atoms with Crippen LogP contribution in [0.15, 0.2) is 36.5 Å². The molecule has 3 rings (SSSR count). The Morgan fingerprint density at radius 2 is 2.04 bits per heavy atom. The highest BCUT2D eigenvalue weighted by Gasteiger charge is 2.25. The second kappa shape index (κ2) is 7.17. The van der Waals surface area contributed by atoms with Crippen LogP contribution in [0.25, 0.3) is 0 Å². The van der Waals surface area contributed by atoms with Gasteiger partial charge in [0.25, 0.3) is 0 Å². The number of nitrogens with one attached hydrogen (secondary N) is 1. The van der Waals surface area contributed by atoms with Gasteiger partial charge in [-0.2, -0.15) is 5.10 Å². The highest BCUT2D eigenvalue weighted by molar-refractivity contribution is 5.78. The van der Waals surface area contributed by atoms with E-state index in [2.05, 4.69) is 25.4 Å². The molecule has 23 heavy (non-hydrogen) atoms. The topological polar surface area (TPSA) is 71.0 Å². The quantitative estimate of drug-likeness (QED) is 0.931. The van der Waals surface area contributed by atoms with Crippen molar-refractivity contribution in [2.24, 2.45) is 5.92 Å². The van der Waals surface area contributed by atoms with Crippen LogP contribution >= 0.6 is 0 Å². The number of rotatable bonds is 4. The summed E-state index contributed by atoms with van der Waals surface area (Å²) < 4.78 is 0. The summed E-state index contributed by atoms with van der Waals surface area (Å²) in [6.45, 7) is 4.08. The Balaban J connectivity index is 1.48. The van der Waals surface area contributed by atoms with Gasteiger partial charge >= 0.3 is 0 Å². The van der Waals surface area contributed by atoms with E-state index < -0.39 is 0 Å². The Morgan fingerprint density at radius 3 is 2.70 bits per heavy atom. The Hall–Kier alpha value is -2.50. The standard InChI is InChI=1S/C17H21N5O/c1-13-5-6-16(21-20-13)22-10-7-14(8-11-22)17(23)19-12-15-4-2-3-9-18-15/h2-6,9,14H,7-8,10-12H2,1H3,(H,19,23). The summed E-state index contributed by atoms with van der Waals surface area (Å²) in [6.07, 6.45) is 3.41. The number of carbonyl (C=O) groups is 1. The molecule has 0 aliphatic carbocycles. The van der Waals surface area contributed by atoms with E-state index >= 15 is 0 Å². The van der Waals surface area contributed by atoms with Crippen LogP contribution in [-0.4, -0.2) is 34.2 Å². The minimum absolute atomic E-state index is 0.0633.